The second-order valence-corrected chi connectivity index (χ2v) is 5.17. The van der Waals surface area contributed by atoms with E-state index in [2.05, 4.69) is 34.6 Å². The minimum Gasteiger partial charge on any atom is -0.392 e. The third kappa shape index (κ3) is 3.42. The maximum Gasteiger partial charge on any atom is 0.0991 e. The van der Waals surface area contributed by atoms with Crippen LogP contribution in [0.1, 0.15) is 16.7 Å². The summed E-state index contributed by atoms with van der Waals surface area (Å²) >= 11 is 0. The molecule has 0 radical (unpaired) electrons. The Labute approximate surface area is 130 Å². The van der Waals surface area contributed by atoms with Gasteiger partial charge in [-0.1, -0.05) is 36.4 Å². The molecule has 112 valence electrons. The number of nitrogens with zero attached hydrogens (tertiary/aromatic N) is 2. The van der Waals surface area contributed by atoms with Gasteiger partial charge < -0.3 is 15.0 Å². The lowest BCUT2D eigenvalue weighted by Crippen LogP contribution is -2.14. The number of aliphatic hydroxyl groups excluding tert-OH is 1. The van der Waals surface area contributed by atoms with Crippen molar-refractivity contribution in [2.45, 2.75) is 19.7 Å². The highest BCUT2D eigenvalue weighted by atomic mass is 16.3. The smallest absolute Gasteiger partial charge is 0.0991 e. The van der Waals surface area contributed by atoms with Crippen LogP contribution in [-0.2, 0) is 19.7 Å². The second-order valence-electron chi connectivity index (χ2n) is 5.17. The number of aliphatic hydroxyl groups is 1. The molecular weight excluding hydrogens is 274 g/mol. The molecule has 0 atom stereocenters. The Balaban J connectivity index is 1.58. The number of benzene rings is 2. The van der Waals surface area contributed by atoms with E-state index in [-0.39, 0.29) is 6.61 Å². The highest BCUT2D eigenvalue weighted by molar-refractivity contribution is 5.34. The lowest BCUT2D eigenvalue weighted by atomic mass is 10.1. The standard InChI is InChI=1S/C18H19N3O/c22-13-17-4-2-1-3-16(17)12-20-11-15-5-7-18(8-6-15)21-10-9-19-14-21/h1-10,14,20,22H,11-13H2. The highest BCUT2D eigenvalue weighted by Gasteiger charge is 2.01. The SMILES string of the molecule is OCc1ccccc1CNCc1ccc(-n2ccnc2)cc1. The summed E-state index contributed by atoms with van der Waals surface area (Å²) < 4.78 is 1.98. The van der Waals surface area contributed by atoms with E-state index in [4.69, 9.17) is 0 Å². The van der Waals surface area contributed by atoms with Crippen molar-refractivity contribution in [1.29, 1.82) is 0 Å². The van der Waals surface area contributed by atoms with E-state index in [0.29, 0.717) is 0 Å². The number of hydrogen-bond acceptors (Lipinski definition) is 3. The number of hydrogen-bond donors (Lipinski definition) is 2. The first-order valence-electron chi connectivity index (χ1n) is 7.32. The molecule has 0 saturated carbocycles. The van der Waals surface area contributed by atoms with Gasteiger partial charge in [-0.15, -0.1) is 0 Å². The molecule has 0 amide bonds. The fourth-order valence-electron chi connectivity index (χ4n) is 2.42. The van der Waals surface area contributed by atoms with Crippen LogP contribution in [0.25, 0.3) is 5.69 Å². The summed E-state index contributed by atoms with van der Waals surface area (Å²) in [6.45, 7) is 1.63. The van der Waals surface area contributed by atoms with E-state index in [1.165, 1.54) is 5.56 Å². The molecule has 2 aromatic carbocycles. The second kappa shape index (κ2) is 7.02. The first kappa shape index (κ1) is 14.5. The summed E-state index contributed by atoms with van der Waals surface area (Å²) in [7, 11) is 0. The molecule has 0 saturated heterocycles. The molecule has 4 nitrogen and oxygen atoms in total. The average Bonchev–Trinajstić information content (AvgIpc) is 3.10. The lowest BCUT2D eigenvalue weighted by molar-refractivity contribution is 0.280. The van der Waals surface area contributed by atoms with Gasteiger partial charge in [0.1, 0.15) is 0 Å². The summed E-state index contributed by atoms with van der Waals surface area (Å²) in [4.78, 5) is 4.05. The summed E-state index contributed by atoms with van der Waals surface area (Å²) in [6.07, 6.45) is 5.49. The van der Waals surface area contributed by atoms with Gasteiger partial charge in [0.05, 0.1) is 12.9 Å². The van der Waals surface area contributed by atoms with E-state index in [1.807, 2.05) is 35.0 Å². The molecule has 4 heteroatoms. The normalized spacial score (nSPS) is 10.8. The monoisotopic (exact) mass is 293 g/mol. The average molecular weight is 293 g/mol. The Bertz CT molecular complexity index is 705. The van der Waals surface area contributed by atoms with Gasteiger partial charge in [-0.2, -0.15) is 0 Å². The van der Waals surface area contributed by atoms with Crippen LogP contribution in [-0.4, -0.2) is 14.7 Å². The molecule has 0 unspecified atom stereocenters. The number of rotatable bonds is 6. The molecule has 0 aliphatic heterocycles. The molecule has 0 bridgehead atoms. The van der Waals surface area contributed by atoms with Crippen LogP contribution in [0.4, 0.5) is 0 Å². The molecule has 0 fully saturated rings. The van der Waals surface area contributed by atoms with Crippen molar-refractivity contribution in [3.8, 4) is 5.69 Å². The fraction of sp³-hybridized carbons (Fsp3) is 0.167. The van der Waals surface area contributed by atoms with Crippen molar-refractivity contribution in [3.63, 3.8) is 0 Å². The van der Waals surface area contributed by atoms with Gasteiger partial charge in [0.15, 0.2) is 0 Å². The predicted molar refractivity (Wildman–Crippen MR) is 86.5 cm³/mol. The van der Waals surface area contributed by atoms with E-state index in [0.717, 1.165) is 29.9 Å². The van der Waals surface area contributed by atoms with E-state index >= 15 is 0 Å². The van der Waals surface area contributed by atoms with Crippen molar-refractivity contribution in [2.75, 3.05) is 0 Å². The Morgan fingerprint density at radius 2 is 1.73 bits per heavy atom. The van der Waals surface area contributed by atoms with Crippen LogP contribution in [0, 0.1) is 0 Å². The number of imidazole rings is 1. The molecule has 0 aliphatic carbocycles. The van der Waals surface area contributed by atoms with Gasteiger partial charge in [0.2, 0.25) is 0 Å². The van der Waals surface area contributed by atoms with Gasteiger partial charge >= 0.3 is 0 Å². The minimum atomic E-state index is 0.0808. The van der Waals surface area contributed by atoms with E-state index in [9.17, 15) is 5.11 Å². The van der Waals surface area contributed by atoms with Gasteiger partial charge in [0.25, 0.3) is 0 Å². The molecule has 3 aromatic rings. The minimum absolute atomic E-state index is 0.0808. The summed E-state index contributed by atoms with van der Waals surface area (Å²) in [5, 5.41) is 12.7. The molecule has 1 heterocycles. The van der Waals surface area contributed by atoms with Gasteiger partial charge in [-0.25, -0.2) is 4.98 Å². The highest BCUT2D eigenvalue weighted by Crippen LogP contribution is 2.11. The van der Waals surface area contributed by atoms with Crippen molar-refractivity contribution in [3.05, 3.63) is 83.9 Å². The predicted octanol–water partition coefficient (Wildman–Crippen LogP) is 2.65. The molecule has 22 heavy (non-hydrogen) atoms. The lowest BCUT2D eigenvalue weighted by Gasteiger charge is -2.09. The summed E-state index contributed by atoms with van der Waals surface area (Å²) in [5.41, 5.74) is 4.45. The summed E-state index contributed by atoms with van der Waals surface area (Å²) in [6, 6.07) is 16.3. The maximum absolute atomic E-state index is 9.32. The third-order valence-corrected chi connectivity index (χ3v) is 3.67. The van der Waals surface area contributed by atoms with Crippen LogP contribution in [0.2, 0.25) is 0 Å². The van der Waals surface area contributed by atoms with Crippen LogP contribution in [0.15, 0.2) is 67.3 Å². The number of nitrogens with one attached hydrogen (secondary N) is 1. The molecule has 0 aliphatic rings. The topological polar surface area (TPSA) is 50.1 Å². The number of aromatic nitrogens is 2. The van der Waals surface area contributed by atoms with Crippen molar-refractivity contribution >= 4 is 0 Å². The molecule has 3 rings (SSSR count). The van der Waals surface area contributed by atoms with Gasteiger partial charge in [0, 0.05) is 31.2 Å². The van der Waals surface area contributed by atoms with Gasteiger partial charge in [-0.3, -0.25) is 0 Å². The van der Waals surface area contributed by atoms with Crippen molar-refractivity contribution < 1.29 is 5.11 Å². The summed E-state index contributed by atoms with van der Waals surface area (Å²) in [5.74, 6) is 0. The Hall–Kier alpha value is -2.43. The van der Waals surface area contributed by atoms with E-state index in [1.54, 1.807) is 12.5 Å². The Morgan fingerprint density at radius 1 is 0.955 bits per heavy atom. The first-order valence-corrected chi connectivity index (χ1v) is 7.32. The first-order chi connectivity index (χ1) is 10.9. The van der Waals surface area contributed by atoms with Crippen molar-refractivity contribution in [2.24, 2.45) is 0 Å². The fourth-order valence-corrected chi connectivity index (χ4v) is 2.42. The zero-order valence-corrected chi connectivity index (χ0v) is 12.3. The molecule has 0 spiro atoms. The van der Waals surface area contributed by atoms with E-state index < -0.39 is 0 Å². The van der Waals surface area contributed by atoms with Crippen LogP contribution < -0.4 is 5.32 Å². The van der Waals surface area contributed by atoms with Crippen molar-refractivity contribution in [1.82, 2.24) is 14.9 Å². The zero-order valence-electron chi connectivity index (χ0n) is 12.3. The van der Waals surface area contributed by atoms with Gasteiger partial charge in [-0.05, 0) is 28.8 Å². The molecule has 1 aromatic heterocycles. The van der Waals surface area contributed by atoms with Crippen LogP contribution >= 0.6 is 0 Å². The largest absolute Gasteiger partial charge is 0.392 e. The Kier molecular flexibility index (Phi) is 4.63. The molecule has 2 N–H and O–H groups in total. The third-order valence-electron chi connectivity index (χ3n) is 3.67. The molecular formula is C18H19N3O. The van der Waals surface area contributed by atoms with Crippen LogP contribution in [0.5, 0.6) is 0 Å². The quantitative estimate of drug-likeness (QED) is 0.734. The Morgan fingerprint density at radius 3 is 2.41 bits per heavy atom. The van der Waals surface area contributed by atoms with Crippen LogP contribution in [0.3, 0.4) is 0 Å². The zero-order chi connectivity index (χ0) is 15.2. The maximum atomic E-state index is 9.32.